The second kappa shape index (κ2) is 9.19. The van der Waals surface area contributed by atoms with Gasteiger partial charge in [0.25, 0.3) is 5.91 Å². The van der Waals surface area contributed by atoms with Crippen molar-refractivity contribution in [1.82, 2.24) is 10.9 Å². The maximum absolute atomic E-state index is 11.7. The van der Waals surface area contributed by atoms with E-state index in [0.29, 0.717) is 18.8 Å². The zero-order valence-corrected chi connectivity index (χ0v) is 15.1. The van der Waals surface area contributed by atoms with Gasteiger partial charge in [-0.05, 0) is 36.1 Å². The molecule has 0 bridgehead atoms. The number of hydrogen-bond acceptors (Lipinski definition) is 5. The predicted octanol–water partition coefficient (Wildman–Crippen LogP) is 1.24. The van der Waals surface area contributed by atoms with Crippen molar-refractivity contribution >= 4 is 27.7 Å². The van der Waals surface area contributed by atoms with Gasteiger partial charge in [-0.25, -0.2) is 8.42 Å². The second-order valence-corrected chi connectivity index (χ2v) is 8.24. The Kier molecular flexibility index (Phi) is 6.97. The molecule has 7 nitrogen and oxygen atoms in total. The Bertz CT molecular complexity index is 784. The van der Waals surface area contributed by atoms with Crippen LogP contribution in [0.25, 0.3) is 6.08 Å². The third-order valence-electron chi connectivity index (χ3n) is 3.80. The molecule has 0 aliphatic carbocycles. The largest absolute Gasteiger partial charge is 0.490 e. The van der Waals surface area contributed by atoms with Crippen LogP contribution in [0.1, 0.15) is 18.4 Å². The fourth-order valence-electron chi connectivity index (χ4n) is 2.52. The summed E-state index contributed by atoms with van der Waals surface area (Å²) in [6.07, 6.45) is 5.10. The molecule has 1 aromatic carbocycles. The quantitative estimate of drug-likeness (QED) is 0.422. The van der Waals surface area contributed by atoms with E-state index in [1.54, 1.807) is 36.4 Å². The van der Waals surface area contributed by atoms with Gasteiger partial charge < -0.3 is 4.74 Å². The number of nitrogens with one attached hydrogen (secondary N) is 2. The van der Waals surface area contributed by atoms with Crippen LogP contribution in [0.2, 0.25) is 0 Å². The predicted molar refractivity (Wildman–Crippen MR) is 98.8 cm³/mol. The van der Waals surface area contributed by atoms with E-state index < -0.39 is 21.7 Å². The van der Waals surface area contributed by atoms with E-state index in [2.05, 4.69) is 17.4 Å². The van der Waals surface area contributed by atoms with E-state index in [1.165, 1.54) is 6.08 Å². The lowest BCUT2D eigenvalue weighted by atomic mass is 10.1. The van der Waals surface area contributed by atoms with Crippen LogP contribution in [0, 0.1) is 5.92 Å². The second-order valence-electron chi connectivity index (χ2n) is 6.01. The molecule has 140 valence electrons. The third-order valence-corrected chi connectivity index (χ3v) is 5.64. The van der Waals surface area contributed by atoms with Crippen LogP contribution in [0.4, 0.5) is 0 Å². The Morgan fingerprint density at radius 1 is 1.23 bits per heavy atom. The van der Waals surface area contributed by atoms with Gasteiger partial charge in [0.2, 0.25) is 5.91 Å². The summed E-state index contributed by atoms with van der Waals surface area (Å²) in [5.41, 5.74) is 5.37. The number of amides is 2. The molecule has 0 radical (unpaired) electrons. The molecule has 0 unspecified atom stereocenters. The summed E-state index contributed by atoms with van der Waals surface area (Å²) >= 11 is 0. The van der Waals surface area contributed by atoms with Gasteiger partial charge in [0, 0.05) is 12.5 Å². The molecule has 2 amide bonds. The molecule has 1 fully saturated rings. The van der Waals surface area contributed by atoms with Gasteiger partial charge in [-0.2, -0.15) is 0 Å². The van der Waals surface area contributed by atoms with Crippen molar-refractivity contribution in [3.8, 4) is 5.75 Å². The van der Waals surface area contributed by atoms with E-state index in [4.69, 9.17) is 4.74 Å². The lowest BCUT2D eigenvalue weighted by Crippen LogP contribution is -2.41. The maximum atomic E-state index is 11.7. The van der Waals surface area contributed by atoms with Crippen LogP contribution in [0.3, 0.4) is 0 Å². The first kappa shape index (κ1) is 19.7. The maximum Gasteiger partial charge on any atom is 0.262 e. The number of hydrazine groups is 1. The minimum atomic E-state index is -3.01. The summed E-state index contributed by atoms with van der Waals surface area (Å²) in [5.74, 6) is -0.220. The molecule has 2 rings (SSSR count). The van der Waals surface area contributed by atoms with Crippen molar-refractivity contribution in [2.24, 2.45) is 5.92 Å². The lowest BCUT2D eigenvalue weighted by molar-refractivity contribution is -0.127. The van der Waals surface area contributed by atoms with Gasteiger partial charge in [-0.15, -0.1) is 0 Å². The molecule has 0 spiro atoms. The van der Waals surface area contributed by atoms with Crippen molar-refractivity contribution in [2.75, 3.05) is 18.1 Å². The van der Waals surface area contributed by atoms with Gasteiger partial charge >= 0.3 is 0 Å². The Labute approximate surface area is 153 Å². The normalized spacial score (nSPS) is 18.4. The molecule has 1 aromatic rings. The van der Waals surface area contributed by atoms with Crippen LogP contribution in [-0.4, -0.2) is 38.3 Å². The first-order valence-electron chi connectivity index (χ1n) is 8.19. The molecule has 0 aromatic heterocycles. The highest BCUT2D eigenvalue weighted by molar-refractivity contribution is 7.91. The Balaban J connectivity index is 1.73. The van der Waals surface area contributed by atoms with E-state index in [1.807, 2.05) is 0 Å². The summed E-state index contributed by atoms with van der Waals surface area (Å²) in [6.45, 7) is 3.99. The molecule has 1 saturated heterocycles. The number of benzene rings is 1. The molecular weight excluding hydrogens is 356 g/mol. The summed E-state index contributed by atoms with van der Waals surface area (Å²) in [5, 5.41) is 0. The van der Waals surface area contributed by atoms with Crippen molar-refractivity contribution in [2.45, 2.75) is 12.8 Å². The number of hydrogen-bond donors (Lipinski definition) is 2. The summed E-state index contributed by atoms with van der Waals surface area (Å²) in [4.78, 5) is 23.5. The molecule has 1 aliphatic rings. The summed E-state index contributed by atoms with van der Waals surface area (Å²) < 4.78 is 28.1. The molecule has 26 heavy (non-hydrogen) atoms. The minimum Gasteiger partial charge on any atom is -0.490 e. The first-order valence-corrected chi connectivity index (χ1v) is 10.0. The number of rotatable bonds is 7. The Morgan fingerprint density at radius 3 is 2.58 bits per heavy atom. The first-order chi connectivity index (χ1) is 12.4. The van der Waals surface area contributed by atoms with Gasteiger partial charge in [-0.1, -0.05) is 24.8 Å². The fourth-order valence-corrected chi connectivity index (χ4v) is 4.38. The minimum absolute atomic E-state index is 0.0285. The topological polar surface area (TPSA) is 102 Å². The van der Waals surface area contributed by atoms with Crippen LogP contribution in [0.15, 0.2) is 43.0 Å². The van der Waals surface area contributed by atoms with Crippen LogP contribution >= 0.6 is 0 Å². The summed E-state index contributed by atoms with van der Waals surface area (Å²) in [7, 11) is -3.01. The highest BCUT2D eigenvalue weighted by atomic mass is 32.2. The van der Waals surface area contributed by atoms with Crippen LogP contribution in [0.5, 0.6) is 5.75 Å². The van der Waals surface area contributed by atoms with Crippen LogP contribution in [-0.2, 0) is 19.4 Å². The Morgan fingerprint density at radius 2 is 1.96 bits per heavy atom. The number of sulfone groups is 1. The third kappa shape index (κ3) is 6.72. The Hall–Kier alpha value is -2.61. The van der Waals surface area contributed by atoms with Crippen molar-refractivity contribution in [3.63, 3.8) is 0 Å². The van der Waals surface area contributed by atoms with E-state index in [0.717, 1.165) is 5.56 Å². The average molecular weight is 378 g/mol. The smallest absolute Gasteiger partial charge is 0.262 e. The SMILES string of the molecule is C=CCOc1ccc(/C=C/C(=O)NNC(=O)C[C@@H]2CCS(=O)(=O)C2)cc1. The van der Waals surface area contributed by atoms with Crippen LogP contribution < -0.4 is 15.6 Å². The van der Waals surface area contributed by atoms with E-state index in [9.17, 15) is 18.0 Å². The lowest BCUT2D eigenvalue weighted by Gasteiger charge is -2.08. The monoisotopic (exact) mass is 378 g/mol. The number of ether oxygens (including phenoxy) is 1. The molecule has 8 heteroatoms. The fraction of sp³-hybridized carbons (Fsp3) is 0.333. The summed E-state index contributed by atoms with van der Waals surface area (Å²) in [6, 6.07) is 7.14. The van der Waals surface area contributed by atoms with Gasteiger partial charge in [0.1, 0.15) is 12.4 Å². The van der Waals surface area contributed by atoms with E-state index in [-0.39, 0.29) is 23.8 Å². The standard InChI is InChI=1S/C18H22N2O5S/c1-2-10-25-16-6-3-14(4-7-16)5-8-17(21)19-20-18(22)12-15-9-11-26(23,24)13-15/h2-8,15H,1,9-13H2,(H,19,21)(H,20,22)/b8-5+/t15-/m0/s1. The van der Waals surface area contributed by atoms with Gasteiger partial charge in [0.15, 0.2) is 9.84 Å². The molecule has 1 heterocycles. The zero-order chi connectivity index (χ0) is 19.0. The van der Waals surface area contributed by atoms with Crippen molar-refractivity contribution < 1.29 is 22.7 Å². The molecule has 1 aliphatic heterocycles. The molecular formula is C18H22N2O5S. The average Bonchev–Trinajstić information content (AvgIpc) is 2.95. The number of carbonyl (C=O) groups is 2. The highest BCUT2D eigenvalue weighted by Gasteiger charge is 2.29. The zero-order valence-electron chi connectivity index (χ0n) is 14.3. The van der Waals surface area contributed by atoms with Crippen molar-refractivity contribution in [1.29, 1.82) is 0 Å². The van der Waals surface area contributed by atoms with Gasteiger partial charge in [0.05, 0.1) is 11.5 Å². The molecule has 1 atom stereocenters. The molecule has 2 N–H and O–H groups in total. The van der Waals surface area contributed by atoms with Gasteiger partial charge in [-0.3, -0.25) is 20.4 Å². The highest BCUT2D eigenvalue weighted by Crippen LogP contribution is 2.21. The number of carbonyl (C=O) groups excluding carboxylic acids is 2. The molecule has 0 saturated carbocycles. The van der Waals surface area contributed by atoms with Crippen molar-refractivity contribution in [3.05, 3.63) is 48.6 Å². The van der Waals surface area contributed by atoms with E-state index >= 15 is 0 Å².